The van der Waals surface area contributed by atoms with Crippen molar-refractivity contribution < 1.29 is 9.90 Å². The van der Waals surface area contributed by atoms with Gasteiger partial charge in [-0.15, -0.1) is 0 Å². The van der Waals surface area contributed by atoms with Gasteiger partial charge >= 0.3 is 0 Å². The fraction of sp³-hybridized carbons (Fsp3) is 0.571. The molecular formula is C14H21N3O2. The maximum absolute atomic E-state index is 12.6. The van der Waals surface area contributed by atoms with Crippen LogP contribution in [-0.4, -0.2) is 46.6 Å². The first-order valence-corrected chi connectivity index (χ1v) is 6.78. The second-order valence-electron chi connectivity index (χ2n) is 4.97. The van der Waals surface area contributed by atoms with E-state index in [0.29, 0.717) is 18.0 Å². The van der Waals surface area contributed by atoms with Crippen LogP contribution in [0.25, 0.3) is 0 Å². The summed E-state index contributed by atoms with van der Waals surface area (Å²) in [5, 5.41) is 12.6. The molecule has 1 aromatic heterocycles. The molecule has 1 aliphatic heterocycles. The lowest BCUT2D eigenvalue weighted by atomic mass is 10.0. The Morgan fingerprint density at radius 3 is 3.11 bits per heavy atom. The Hall–Kier alpha value is -1.62. The molecule has 5 nitrogen and oxygen atoms in total. The number of aromatic nitrogens is 1. The number of nitrogens with one attached hydrogen (secondary N) is 1. The first-order chi connectivity index (χ1) is 9.19. The predicted molar refractivity (Wildman–Crippen MR) is 74.1 cm³/mol. The van der Waals surface area contributed by atoms with Crippen molar-refractivity contribution in [2.45, 2.75) is 26.3 Å². The van der Waals surface area contributed by atoms with Gasteiger partial charge in [-0.05, 0) is 25.3 Å². The number of pyridine rings is 1. The molecule has 0 aromatic carbocycles. The first kappa shape index (κ1) is 13.8. The molecule has 2 atom stereocenters. The minimum atomic E-state index is -0.0813. The van der Waals surface area contributed by atoms with Gasteiger partial charge in [0.15, 0.2) is 0 Å². The minimum absolute atomic E-state index is 0.0176. The summed E-state index contributed by atoms with van der Waals surface area (Å²) in [7, 11) is 0. The first-order valence-electron chi connectivity index (χ1n) is 6.78. The van der Waals surface area contributed by atoms with Crippen LogP contribution in [0.1, 0.15) is 30.6 Å². The Labute approximate surface area is 113 Å². The van der Waals surface area contributed by atoms with Crippen molar-refractivity contribution in [1.29, 1.82) is 0 Å². The minimum Gasteiger partial charge on any atom is -0.394 e. The molecule has 0 spiro atoms. The molecular weight excluding hydrogens is 242 g/mol. The largest absolute Gasteiger partial charge is 0.394 e. The van der Waals surface area contributed by atoms with Crippen LogP contribution < -0.4 is 5.32 Å². The molecule has 0 saturated carbocycles. The zero-order valence-electron chi connectivity index (χ0n) is 11.5. The average Bonchev–Trinajstić information content (AvgIpc) is 2.80. The van der Waals surface area contributed by atoms with Gasteiger partial charge in [0.05, 0.1) is 23.9 Å². The average molecular weight is 263 g/mol. The molecule has 1 saturated heterocycles. The number of carbonyl (C=O) groups excluding carboxylic acids is 1. The predicted octanol–water partition coefficient (Wildman–Crippen LogP) is 1.36. The summed E-state index contributed by atoms with van der Waals surface area (Å²) in [5.41, 5.74) is 1.38. The summed E-state index contributed by atoms with van der Waals surface area (Å²) in [6.45, 7) is 5.53. The number of carbonyl (C=O) groups is 1. The molecule has 2 N–H and O–H groups in total. The van der Waals surface area contributed by atoms with E-state index in [0.717, 1.165) is 18.7 Å². The van der Waals surface area contributed by atoms with Crippen molar-refractivity contribution in [3.63, 3.8) is 0 Å². The fourth-order valence-electron chi connectivity index (χ4n) is 2.60. The van der Waals surface area contributed by atoms with Crippen LogP contribution in [0.4, 0.5) is 5.69 Å². The van der Waals surface area contributed by atoms with Gasteiger partial charge in [0.2, 0.25) is 0 Å². The van der Waals surface area contributed by atoms with E-state index in [2.05, 4.69) is 17.2 Å². The summed E-state index contributed by atoms with van der Waals surface area (Å²) in [6.07, 6.45) is 4.20. The molecule has 1 aliphatic rings. The van der Waals surface area contributed by atoms with Crippen LogP contribution >= 0.6 is 0 Å². The third-order valence-electron chi connectivity index (χ3n) is 3.75. The van der Waals surface area contributed by atoms with Crippen molar-refractivity contribution >= 4 is 11.6 Å². The van der Waals surface area contributed by atoms with Crippen LogP contribution in [0.15, 0.2) is 18.5 Å². The number of hydrogen-bond acceptors (Lipinski definition) is 4. The van der Waals surface area contributed by atoms with Crippen molar-refractivity contribution in [3.05, 3.63) is 24.0 Å². The van der Waals surface area contributed by atoms with Crippen LogP contribution in [0.5, 0.6) is 0 Å². The molecule has 1 aromatic rings. The molecule has 0 bridgehead atoms. The molecule has 5 heteroatoms. The highest BCUT2D eigenvalue weighted by atomic mass is 16.3. The fourth-order valence-corrected chi connectivity index (χ4v) is 2.60. The number of aliphatic hydroxyl groups is 1. The van der Waals surface area contributed by atoms with Gasteiger partial charge in [0.25, 0.3) is 5.91 Å². The highest BCUT2D eigenvalue weighted by Gasteiger charge is 2.34. The molecule has 0 aliphatic carbocycles. The van der Waals surface area contributed by atoms with Crippen LogP contribution in [0, 0.1) is 5.92 Å². The normalized spacial score (nSPS) is 22.6. The standard InChI is InChI=1S/C14H21N3O2/c1-3-16-12-4-6-15-8-11(12)14(19)17-7-5-10(2)13(17)9-18/h4,6,8,10,13,18H,3,5,7,9H2,1-2H3,(H,15,16). The van der Waals surface area contributed by atoms with E-state index in [1.54, 1.807) is 17.3 Å². The SMILES string of the molecule is CCNc1ccncc1C(=O)N1CCC(C)C1CO. The zero-order valence-corrected chi connectivity index (χ0v) is 11.5. The van der Waals surface area contributed by atoms with Gasteiger partial charge in [-0.1, -0.05) is 6.92 Å². The molecule has 2 rings (SSSR count). The smallest absolute Gasteiger partial charge is 0.257 e. The van der Waals surface area contributed by atoms with Crippen LogP contribution in [0.3, 0.4) is 0 Å². The number of rotatable bonds is 4. The van der Waals surface area contributed by atoms with E-state index >= 15 is 0 Å². The second-order valence-corrected chi connectivity index (χ2v) is 4.97. The van der Waals surface area contributed by atoms with E-state index in [4.69, 9.17) is 0 Å². The third kappa shape index (κ3) is 2.71. The Balaban J connectivity index is 2.24. The molecule has 1 amide bonds. The summed E-state index contributed by atoms with van der Waals surface area (Å²) >= 11 is 0. The van der Waals surface area contributed by atoms with Crippen molar-refractivity contribution in [2.75, 3.05) is 25.0 Å². The molecule has 19 heavy (non-hydrogen) atoms. The number of likely N-dealkylation sites (tertiary alicyclic amines) is 1. The quantitative estimate of drug-likeness (QED) is 0.860. The van der Waals surface area contributed by atoms with Gasteiger partial charge in [0.1, 0.15) is 0 Å². The van der Waals surface area contributed by atoms with Gasteiger partial charge < -0.3 is 15.3 Å². The van der Waals surface area contributed by atoms with Crippen LogP contribution in [0.2, 0.25) is 0 Å². The van der Waals surface area contributed by atoms with Gasteiger partial charge in [-0.25, -0.2) is 0 Å². The van der Waals surface area contributed by atoms with E-state index < -0.39 is 0 Å². The lowest BCUT2D eigenvalue weighted by Crippen LogP contribution is -2.40. The highest BCUT2D eigenvalue weighted by Crippen LogP contribution is 2.27. The van der Waals surface area contributed by atoms with Crippen molar-refractivity contribution in [2.24, 2.45) is 5.92 Å². The Morgan fingerprint density at radius 2 is 2.42 bits per heavy atom. The zero-order chi connectivity index (χ0) is 13.8. The van der Waals surface area contributed by atoms with Crippen LogP contribution in [-0.2, 0) is 0 Å². The van der Waals surface area contributed by atoms with E-state index in [-0.39, 0.29) is 18.6 Å². The van der Waals surface area contributed by atoms with Gasteiger partial charge in [0, 0.05) is 25.5 Å². The molecule has 104 valence electrons. The highest BCUT2D eigenvalue weighted by molar-refractivity contribution is 5.99. The molecule has 2 unspecified atom stereocenters. The number of aliphatic hydroxyl groups excluding tert-OH is 1. The molecule has 1 fully saturated rings. The van der Waals surface area contributed by atoms with Crippen molar-refractivity contribution in [3.8, 4) is 0 Å². The second kappa shape index (κ2) is 6.02. The van der Waals surface area contributed by atoms with E-state index in [1.165, 1.54) is 0 Å². The Bertz CT molecular complexity index is 450. The van der Waals surface area contributed by atoms with E-state index in [1.807, 2.05) is 13.0 Å². The lowest BCUT2D eigenvalue weighted by Gasteiger charge is -2.26. The van der Waals surface area contributed by atoms with Gasteiger partial charge in [-0.2, -0.15) is 0 Å². The molecule has 2 heterocycles. The Morgan fingerprint density at radius 1 is 1.63 bits per heavy atom. The monoisotopic (exact) mass is 263 g/mol. The third-order valence-corrected chi connectivity index (χ3v) is 3.75. The number of hydrogen-bond donors (Lipinski definition) is 2. The number of amides is 1. The van der Waals surface area contributed by atoms with E-state index in [9.17, 15) is 9.90 Å². The topological polar surface area (TPSA) is 65.5 Å². The van der Waals surface area contributed by atoms with Gasteiger partial charge in [-0.3, -0.25) is 9.78 Å². The molecule has 0 radical (unpaired) electrons. The number of anilines is 1. The number of nitrogens with zero attached hydrogens (tertiary/aromatic N) is 2. The summed E-state index contributed by atoms with van der Waals surface area (Å²) in [4.78, 5) is 18.4. The maximum Gasteiger partial charge on any atom is 0.257 e. The summed E-state index contributed by atoms with van der Waals surface area (Å²) < 4.78 is 0. The summed E-state index contributed by atoms with van der Waals surface area (Å²) in [6, 6.07) is 1.73. The lowest BCUT2D eigenvalue weighted by molar-refractivity contribution is 0.0648. The van der Waals surface area contributed by atoms with Crippen molar-refractivity contribution in [1.82, 2.24) is 9.88 Å². The Kier molecular flexibility index (Phi) is 4.37. The summed E-state index contributed by atoms with van der Waals surface area (Å²) in [5.74, 6) is 0.292. The maximum atomic E-state index is 12.6.